The molecule has 2 unspecified atom stereocenters. The minimum atomic E-state index is 0.0413. The predicted molar refractivity (Wildman–Crippen MR) is 68.9 cm³/mol. The second kappa shape index (κ2) is 5.49. The quantitative estimate of drug-likeness (QED) is 0.880. The zero-order valence-corrected chi connectivity index (χ0v) is 11.2. The number of thiazole rings is 1. The van der Waals surface area contributed by atoms with Gasteiger partial charge in [-0.1, -0.05) is 6.92 Å². The van der Waals surface area contributed by atoms with Crippen molar-refractivity contribution in [2.24, 2.45) is 5.92 Å². The molecule has 2 heterocycles. The molecule has 0 aromatic carbocycles. The number of hydrogen-bond donors (Lipinski definition) is 1. The number of amides is 2. The normalized spacial score (nSPS) is 24.7. The Labute approximate surface area is 106 Å². The Balaban J connectivity index is 1.83. The highest BCUT2D eigenvalue weighted by atomic mass is 32.1. The van der Waals surface area contributed by atoms with E-state index in [1.54, 1.807) is 17.5 Å². The Kier molecular flexibility index (Phi) is 3.99. The second-order valence-electron chi connectivity index (χ2n) is 4.76. The largest absolute Gasteiger partial charge is 0.331 e. The zero-order valence-electron chi connectivity index (χ0n) is 10.3. The van der Waals surface area contributed by atoms with E-state index in [0.29, 0.717) is 12.6 Å². The molecule has 0 saturated carbocycles. The van der Waals surface area contributed by atoms with Crippen LogP contribution in [0.15, 0.2) is 11.6 Å². The maximum absolute atomic E-state index is 12.0. The van der Waals surface area contributed by atoms with Crippen molar-refractivity contribution in [3.05, 3.63) is 16.6 Å². The lowest BCUT2D eigenvalue weighted by Gasteiger charge is -2.36. The maximum atomic E-state index is 12.0. The summed E-state index contributed by atoms with van der Waals surface area (Å²) in [5.41, 5.74) is 0. The number of rotatable bonds is 2. The van der Waals surface area contributed by atoms with E-state index in [0.717, 1.165) is 30.3 Å². The Bertz CT molecular complexity index is 366. The standard InChI is InChI=1S/C12H19N3OS/c1-9-3-5-15(10(2)7-9)12(16)14-8-11-13-4-6-17-11/h4,6,9-10H,3,5,7-8H2,1-2H3,(H,14,16). The predicted octanol–water partition coefficient (Wildman–Crippen LogP) is 2.47. The molecule has 1 fully saturated rings. The molecule has 4 nitrogen and oxygen atoms in total. The van der Waals surface area contributed by atoms with Gasteiger partial charge < -0.3 is 10.2 Å². The molecule has 1 aliphatic heterocycles. The van der Waals surface area contributed by atoms with Crippen molar-refractivity contribution in [3.8, 4) is 0 Å². The minimum Gasteiger partial charge on any atom is -0.331 e. The topological polar surface area (TPSA) is 45.2 Å². The summed E-state index contributed by atoms with van der Waals surface area (Å²) in [7, 11) is 0. The molecule has 1 saturated heterocycles. The van der Waals surface area contributed by atoms with Gasteiger partial charge in [-0.15, -0.1) is 11.3 Å². The average Bonchev–Trinajstić information content (AvgIpc) is 2.78. The van der Waals surface area contributed by atoms with Crippen LogP contribution in [0.3, 0.4) is 0 Å². The number of carbonyl (C=O) groups is 1. The van der Waals surface area contributed by atoms with Gasteiger partial charge in [0.05, 0.1) is 6.54 Å². The van der Waals surface area contributed by atoms with Gasteiger partial charge in [0.2, 0.25) is 0 Å². The molecule has 17 heavy (non-hydrogen) atoms. The molecule has 2 atom stereocenters. The minimum absolute atomic E-state index is 0.0413. The SMILES string of the molecule is CC1CCN(C(=O)NCc2nccs2)C(C)C1. The summed E-state index contributed by atoms with van der Waals surface area (Å²) in [4.78, 5) is 18.1. The highest BCUT2D eigenvalue weighted by Gasteiger charge is 2.26. The molecule has 1 aromatic heterocycles. The molecule has 0 aliphatic carbocycles. The maximum Gasteiger partial charge on any atom is 0.317 e. The van der Waals surface area contributed by atoms with Crippen molar-refractivity contribution in [3.63, 3.8) is 0 Å². The molecular weight excluding hydrogens is 234 g/mol. The highest BCUT2D eigenvalue weighted by Crippen LogP contribution is 2.21. The van der Waals surface area contributed by atoms with Crippen LogP contribution in [0.1, 0.15) is 31.7 Å². The number of piperidine rings is 1. The monoisotopic (exact) mass is 253 g/mol. The summed E-state index contributed by atoms with van der Waals surface area (Å²) in [6.07, 6.45) is 3.97. The van der Waals surface area contributed by atoms with Crippen LogP contribution in [-0.2, 0) is 6.54 Å². The van der Waals surface area contributed by atoms with Crippen LogP contribution in [0.2, 0.25) is 0 Å². The van der Waals surface area contributed by atoms with Gasteiger partial charge in [-0.2, -0.15) is 0 Å². The number of nitrogens with zero attached hydrogens (tertiary/aromatic N) is 2. The van der Waals surface area contributed by atoms with Gasteiger partial charge in [0.15, 0.2) is 0 Å². The van der Waals surface area contributed by atoms with Crippen LogP contribution < -0.4 is 5.32 Å². The third kappa shape index (κ3) is 3.19. The molecule has 1 aliphatic rings. The van der Waals surface area contributed by atoms with Crippen LogP contribution in [-0.4, -0.2) is 28.5 Å². The fraction of sp³-hybridized carbons (Fsp3) is 0.667. The van der Waals surface area contributed by atoms with Crippen molar-refractivity contribution in [1.29, 1.82) is 0 Å². The van der Waals surface area contributed by atoms with E-state index >= 15 is 0 Å². The summed E-state index contributed by atoms with van der Waals surface area (Å²) in [5.74, 6) is 0.730. The molecule has 1 N–H and O–H groups in total. The molecule has 0 bridgehead atoms. The molecule has 5 heteroatoms. The van der Waals surface area contributed by atoms with Crippen LogP contribution in [0.5, 0.6) is 0 Å². The van der Waals surface area contributed by atoms with Gasteiger partial charge in [-0.05, 0) is 25.7 Å². The lowest BCUT2D eigenvalue weighted by molar-refractivity contribution is 0.139. The Morgan fingerprint density at radius 1 is 1.65 bits per heavy atom. The lowest BCUT2D eigenvalue weighted by Crippen LogP contribution is -2.48. The first kappa shape index (κ1) is 12.4. The van der Waals surface area contributed by atoms with Gasteiger partial charge in [-0.3, -0.25) is 0 Å². The van der Waals surface area contributed by atoms with E-state index in [4.69, 9.17) is 0 Å². The van der Waals surface area contributed by atoms with E-state index in [-0.39, 0.29) is 6.03 Å². The summed E-state index contributed by atoms with van der Waals surface area (Å²) in [6, 6.07) is 0.384. The van der Waals surface area contributed by atoms with Crippen LogP contribution in [0.4, 0.5) is 4.79 Å². The van der Waals surface area contributed by atoms with Gasteiger partial charge in [-0.25, -0.2) is 9.78 Å². The number of hydrogen-bond acceptors (Lipinski definition) is 3. The van der Waals surface area contributed by atoms with Crippen molar-refractivity contribution in [1.82, 2.24) is 15.2 Å². The first-order chi connectivity index (χ1) is 8.16. The first-order valence-corrected chi connectivity index (χ1v) is 6.97. The van der Waals surface area contributed by atoms with Crippen molar-refractivity contribution >= 4 is 17.4 Å². The van der Waals surface area contributed by atoms with E-state index in [1.807, 2.05) is 10.3 Å². The number of likely N-dealkylation sites (tertiary alicyclic amines) is 1. The summed E-state index contributed by atoms with van der Waals surface area (Å²) in [6.45, 7) is 5.78. The number of carbonyl (C=O) groups excluding carboxylic acids is 1. The number of aromatic nitrogens is 1. The van der Waals surface area contributed by atoms with E-state index < -0.39 is 0 Å². The number of urea groups is 1. The van der Waals surface area contributed by atoms with Crippen LogP contribution in [0.25, 0.3) is 0 Å². The van der Waals surface area contributed by atoms with Gasteiger partial charge >= 0.3 is 6.03 Å². The third-order valence-electron chi connectivity index (χ3n) is 3.27. The number of nitrogens with one attached hydrogen (secondary N) is 1. The van der Waals surface area contributed by atoms with Crippen molar-refractivity contribution < 1.29 is 4.79 Å². The zero-order chi connectivity index (χ0) is 12.3. The van der Waals surface area contributed by atoms with Crippen LogP contribution in [0, 0.1) is 5.92 Å². The van der Waals surface area contributed by atoms with Crippen LogP contribution >= 0.6 is 11.3 Å². The fourth-order valence-corrected chi connectivity index (χ4v) is 2.86. The van der Waals surface area contributed by atoms with E-state index in [1.165, 1.54) is 0 Å². The van der Waals surface area contributed by atoms with Crippen molar-refractivity contribution in [2.75, 3.05) is 6.54 Å². The molecule has 1 aromatic rings. The van der Waals surface area contributed by atoms with Gasteiger partial charge in [0.25, 0.3) is 0 Å². The fourth-order valence-electron chi connectivity index (χ4n) is 2.30. The molecule has 2 rings (SSSR count). The Morgan fingerprint density at radius 3 is 3.12 bits per heavy atom. The molecular formula is C12H19N3OS. The van der Waals surface area contributed by atoms with Gasteiger partial charge in [0, 0.05) is 24.2 Å². The van der Waals surface area contributed by atoms with Crippen molar-refractivity contribution in [2.45, 2.75) is 39.3 Å². The second-order valence-corrected chi connectivity index (χ2v) is 5.74. The smallest absolute Gasteiger partial charge is 0.317 e. The third-order valence-corrected chi connectivity index (χ3v) is 4.05. The Hall–Kier alpha value is -1.10. The first-order valence-electron chi connectivity index (χ1n) is 6.09. The summed E-state index contributed by atoms with van der Waals surface area (Å²) < 4.78 is 0. The molecule has 2 amide bonds. The van der Waals surface area contributed by atoms with E-state index in [2.05, 4.69) is 24.1 Å². The summed E-state index contributed by atoms with van der Waals surface area (Å²) >= 11 is 1.57. The lowest BCUT2D eigenvalue weighted by atomic mass is 9.94. The molecule has 0 spiro atoms. The summed E-state index contributed by atoms with van der Waals surface area (Å²) in [5, 5.41) is 5.81. The Morgan fingerprint density at radius 2 is 2.47 bits per heavy atom. The highest BCUT2D eigenvalue weighted by molar-refractivity contribution is 7.09. The van der Waals surface area contributed by atoms with E-state index in [9.17, 15) is 4.79 Å². The molecule has 0 radical (unpaired) electrons. The molecule has 94 valence electrons. The van der Waals surface area contributed by atoms with Gasteiger partial charge in [0.1, 0.15) is 5.01 Å². The average molecular weight is 253 g/mol.